The van der Waals surface area contributed by atoms with Crippen molar-refractivity contribution in [3.05, 3.63) is 86.5 Å². The lowest BCUT2D eigenvalue weighted by atomic mass is 9.71. The van der Waals surface area contributed by atoms with Crippen LogP contribution in [-0.2, 0) is 30.1 Å². The maximum absolute atomic E-state index is 12.4. The van der Waals surface area contributed by atoms with Gasteiger partial charge >= 0.3 is 11.9 Å². The highest BCUT2D eigenvalue weighted by Gasteiger charge is 2.32. The first-order valence-corrected chi connectivity index (χ1v) is 17.8. The van der Waals surface area contributed by atoms with Crippen LogP contribution in [0.15, 0.2) is 36.4 Å². The number of rotatable bonds is 14. The summed E-state index contributed by atoms with van der Waals surface area (Å²) in [4.78, 5) is 24.8. The van der Waals surface area contributed by atoms with Crippen molar-refractivity contribution in [2.75, 3.05) is 7.11 Å². The minimum atomic E-state index is -1.19. The number of hydrogen-bond donors (Lipinski definition) is 4. The van der Waals surface area contributed by atoms with Gasteiger partial charge in [0.05, 0.1) is 7.11 Å². The van der Waals surface area contributed by atoms with E-state index in [4.69, 9.17) is 4.74 Å². The molecule has 0 aliphatic heterocycles. The lowest BCUT2D eigenvalue weighted by Gasteiger charge is -2.33. The lowest BCUT2D eigenvalue weighted by Crippen LogP contribution is -2.25. The van der Waals surface area contributed by atoms with Gasteiger partial charge in [0.1, 0.15) is 28.4 Å². The minimum Gasteiger partial charge on any atom is -0.507 e. The van der Waals surface area contributed by atoms with Crippen LogP contribution in [0.1, 0.15) is 162 Å². The first-order chi connectivity index (χ1) is 22.9. The maximum Gasteiger partial charge on any atom is 0.339 e. The Morgan fingerprint density at radius 1 is 0.620 bits per heavy atom. The van der Waals surface area contributed by atoms with E-state index in [1.165, 1.54) is 0 Å². The second-order valence-corrected chi connectivity index (χ2v) is 17.8. The molecule has 3 rings (SSSR count). The molecule has 0 amide bonds. The second-order valence-electron chi connectivity index (χ2n) is 17.8. The first-order valence-electron chi connectivity index (χ1n) is 17.8. The van der Waals surface area contributed by atoms with Crippen LogP contribution in [0.2, 0.25) is 0 Å². The molecule has 50 heavy (non-hydrogen) atoms. The Morgan fingerprint density at radius 2 is 1.00 bits per heavy atom. The number of phenols is 2. The van der Waals surface area contributed by atoms with E-state index in [-0.39, 0.29) is 57.1 Å². The molecular formula is C43H60O7. The largest absolute Gasteiger partial charge is 0.507 e. The van der Waals surface area contributed by atoms with Crippen LogP contribution in [0.5, 0.6) is 17.2 Å². The molecule has 0 saturated carbocycles. The maximum atomic E-state index is 12.4. The van der Waals surface area contributed by atoms with Crippen LogP contribution in [0.3, 0.4) is 0 Å². The Morgan fingerprint density at radius 3 is 1.30 bits per heavy atom. The van der Waals surface area contributed by atoms with Crippen LogP contribution >= 0.6 is 0 Å². The number of methoxy groups -OCH3 is 1. The molecule has 0 spiro atoms. The second kappa shape index (κ2) is 15.1. The molecule has 0 fully saturated rings. The highest BCUT2D eigenvalue weighted by Crippen LogP contribution is 2.43. The average molecular weight is 689 g/mol. The molecule has 0 atom stereocenters. The van der Waals surface area contributed by atoms with E-state index in [2.05, 4.69) is 88.3 Å². The van der Waals surface area contributed by atoms with Gasteiger partial charge in [-0.1, -0.05) is 107 Å². The third kappa shape index (κ3) is 10.0. The molecule has 7 nitrogen and oxygen atoms in total. The summed E-state index contributed by atoms with van der Waals surface area (Å²) < 4.78 is 6.05. The van der Waals surface area contributed by atoms with Crippen LogP contribution in [0.4, 0.5) is 0 Å². The topological polar surface area (TPSA) is 124 Å². The number of hydrogen-bond acceptors (Lipinski definition) is 5. The highest BCUT2D eigenvalue weighted by molar-refractivity contribution is 5.92. The summed E-state index contributed by atoms with van der Waals surface area (Å²) in [5.41, 5.74) is 4.20. The van der Waals surface area contributed by atoms with Gasteiger partial charge in [0, 0.05) is 12.8 Å². The van der Waals surface area contributed by atoms with Crippen LogP contribution in [0, 0.1) is 10.8 Å². The van der Waals surface area contributed by atoms with Crippen molar-refractivity contribution >= 4 is 11.9 Å². The van der Waals surface area contributed by atoms with Crippen molar-refractivity contribution < 1.29 is 34.8 Å². The summed E-state index contributed by atoms with van der Waals surface area (Å²) in [6.45, 7) is 23.4. The minimum absolute atomic E-state index is 0.0119. The van der Waals surface area contributed by atoms with E-state index in [1.54, 1.807) is 19.2 Å². The van der Waals surface area contributed by atoms with Gasteiger partial charge in [-0.05, 0) is 98.4 Å². The van der Waals surface area contributed by atoms with E-state index in [9.17, 15) is 30.0 Å². The summed E-state index contributed by atoms with van der Waals surface area (Å²) in [7, 11) is 1.57. The van der Waals surface area contributed by atoms with Crippen LogP contribution in [-0.4, -0.2) is 39.5 Å². The zero-order chi connectivity index (χ0) is 38.0. The smallest absolute Gasteiger partial charge is 0.339 e. The molecule has 0 aliphatic carbocycles. The van der Waals surface area contributed by atoms with Crippen molar-refractivity contribution in [1.29, 1.82) is 0 Å². The molecular weight excluding hydrogens is 628 g/mol. The van der Waals surface area contributed by atoms with Gasteiger partial charge in [-0.2, -0.15) is 0 Å². The van der Waals surface area contributed by atoms with Gasteiger partial charge in [0.25, 0.3) is 0 Å². The molecule has 3 aromatic carbocycles. The van der Waals surface area contributed by atoms with Crippen molar-refractivity contribution in [2.45, 2.75) is 132 Å². The van der Waals surface area contributed by atoms with E-state index in [0.29, 0.717) is 16.9 Å². The fraction of sp³-hybridized carbons (Fsp3) is 0.535. The normalized spacial score (nSPS) is 12.6. The quantitative estimate of drug-likeness (QED) is 0.133. The Bertz CT molecular complexity index is 1600. The fourth-order valence-electron chi connectivity index (χ4n) is 7.91. The zero-order valence-electron chi connectivity index (χ0n) is 32.4. The summed E-state index contributed by atoms with van der Waals surface area (Å²) in [6.07, 6.45) is 4.75. The SMILES string of the molecule is CCCCc1cc(Cc2cc(C(C)(C)CC(C)(C)C)cc(C(=O)O)c2O)c(OC)c(Cc2cc(C(C)(C)CC(C)(C)C)cc(C(=O)O)c2O)c1. The van der Waals surface area contributed by atoms with E-state index in [1.807, 2.05) is 12.1 Å². The molecule has 0 unspecified atom stereocenters. The van der Waals surface area contributed by atoms with Crippen molar-refractivity contribution in [3.63, 3.8) is 0 Å². The zero-order valence-corrected chi connectivity index (χ0v) is 32.4. The molecule has 0 heterocycles. The molecule has 0 radical (unpaired) electrons. The van der Waals surface area contributed by atoms with Crippen molar-refractivity contribution in [3.8, 4) is 17.2 Å². The first kappa shape index (κ1) is 40.4. The number of carboxylic acids is 2. The number of aromatic carboxylic acids is 2. The van der Waals surface area contributed by atoms with Crippen molar-refractivity contribution in [1.82, 2.24) is 0 Å². The fourth-order valence-corrected chi connectivity index (χ4v) is 7.91. The molecule has 274 valence electrons. The molecule has 0 aromatic heterocycles. The Balaban J connectivity index is 2.27. The summed E-state index contributed by atoms with van der Waals surface area (Å²) in [5, 5.41) is 42.9. The number of carbonyl (C=O) groups is 2. The lowest BCUT2D eigenvalue weighted by molar-refractivity contribution is 0.0682. The van der Waals surface area contributed by atoms with Crippen LogP contribution in [0.25, 0.3) is 0 Å². The number of aryl methyl sites for hydroxylation is 1. The van der Waals surface area contributed by atoms with Crippen molar-refractivity contribution in [2.24, 2.45) is 10.8 Å². The Kier molecular flexibility index (Phi) is 12.2. The highest BCUT2D eigenvalue weighted by atomic mass is 16.5. The molecule has 7 heteroatoms. The predicted molar refractivity (Wildman–Crippen MR) is 202 cm³/mol. The van der Waals surface area contributed by atoms with Gasteiger partial charge in [0.15, 0.2) is 0 Å². The summed E-state index contributed by atoms with van der Waals surface area (Å²) >= 11 is 0. The number of ether oxygens (including phenoxy) is 1. The number of benzene rings is 3. The average Bonchev–Trinajstić information content (AvgIpc) is 2.95. The monoisotopic (exact) mass is 688 g/mol. The third-order valence-electron chi connectivity index (χ3n) is 9.43. The van der Waals surface area contributed by atoms with E-state index >= 15 is 0 Å². The van der Waals surface area contributed by atoms with Gasteiger partial charge in [-0.15, -0.1) is 0 Å². The standard InChI is InChI=1S/C43H60O7/c1-13-14-15-26-16-29(18-27-20-31(22-33(35(27)44)38(46)47)42(8,9)24-40(2,3)4)37(50-12)30(17-26)19-28-21-32(23-34(36(28)45)39(48)49)43(10,11)25-41(5,6)7/h16-17,20-23,44-45H,13-15,18-19,24-25H2,1-12H3,(H,46,47)(H,48,49). The summed E-state index contributed by atoms with van der Waals surface area (Å²) in [5.74, 6) is -2.38. The van der Waals surface area contributed by atoms with Gasteiger partial charge in [0.2, 0.25) is 0 Å². The Hall–Kier alpha value is -4.00. The number of unbranched alkanes of at least 4 members (excludes halogenated alkanes) is 1. The molecule has 0 bridgehead atoms. The Labute approximate surface area is 299 Å². The molecule has 0 aliphatic rings. The van der Waals surface area contributed by atoms with E-state index in [0.717, 1.165) is 59.9 Å². The number of aromatic hydroxyl groups is 2. The molecule has 0 saturated heterocycles. The van der Waals surface area contributed by atoms with Crippen LogP contribution < -0.4 is 4.74 Å². The van der Waals surface area contributed by atoms with Gasteiger partial charge in [-0.3, -0.25) is 0 Å². The molecule has 4 N–H and O–H groups in total. The van der Waals surface area contributed by atoms with Gasteiger partial charge in [-0.25, -0.2) is 9.59 Å². The van der Waals surface area contributed by atoms with E-state index < -0.39 is 11.9 Å². The third-order valence-corrected chi connectivity index (χ3v) is 9.43. The summed E-state index contributed by atoms with van der Waals surface area (Å²) in [6, 6.07) is 11.1. The molecule has 3 aromatic rings. The van der Waals surface area contributed by atoms with Gasteiger partial charge < -0.3 is 25.2 Å². The number of carboxylic acid groups (broad SMARTS) is 2. The predicted octanol–water partition coefficient (Wildman–Crippen LogP) is 10.5.